The average Bonchev–Trinajstić information content (AvgIpc) is 3.23. The largest absolute Gasteiger partial charge is 0.450 e. The second-order valence-corrected chi connectivity index (χ2v) is 6.76. The van der Waals surface area contributed by atoms with Crippen molar-refractivity contribution in [3.8, 4) is 22.9 Å². The Labute approximate surface area is 169 Å². The van der Waals surface area contributed by atoms with Crippen LogP contribution >= 0.6 is 0 Å². The summed E-state index contributed by atoms with van der Waals surface area (Å²) in [6, 6.07) is 12.0. The van der Waals surface area contributed by atoms with E-state index in [-0.39, 0.29) is 5.75 Å². The van der Waals surface area contributed by atoms with E-state index >= 15 is 0 Å². The normalized spacial score (nSPS) is 13.3. The highest BCUT2D eigenvalue weighted by Crippen LogP contribution is 2.38. The number of anilines is 2. The summed E-state index contributed by atoms with van der Waals surface area (Å²) in [6.45, 7) is 1.31. The molecule has 5 rings (SSSR count). The summed E-state index contributed by atoms with van der Waals surface area (Å²) in [7, 11) is 0. The number of nitrogen functional groups attached to an aromatic ring is 1. The zero-order valence-electron chi connectivity index (χ0n) is 15.6. The molecule has 3 N–H and O–H groups in total. The van der Waals surface area contributed by atoms with Crippen LogP contribution in [-0.2, 0) is 6.54 Å². The highest BCUT2D eigenvalue weighted by Gasteiger charge is 2.23. The molecule has 3 aliphatic heterocycles. The van der Waals surface area contributed by atoms with Gasteiger partial charge in [-0.15, -0.1) is 0 Å². The fraction of sp³-hybridized carbons (Fsp3) is 0.0952. The molecule has 150 valence electrons. The monoisotopic (exact) mass is 406 g/mol. The summed E-state index contributed by atoms with van der Waals surface area (Å²) in [6.07, 6.45) is 1.64. The number of nitrogens with two attached hydrogens (primary N) is 1. The highest BCUT2D eigenvalue weighted by molar-refractivity contribution is 5.69. The Bertz CT molecular complexity index is 1290. The van der Waals surface area contributed by atoms with Gasteiger partial charge in [0.25, 0.3) is 5.62 Å². The number of nitrogens with zero attached hydrogens (tertiary/aromatic N) is 4. The third-order valence-corrected chi connectivity index (χ3v) is 4.69. The smallest absolute Gasteiger partial charge is 0.251 e. The van der Waals surface area contributed by atoms with Gasteiger partial charge in [0.15, 0.2) is 23.1 Å². The van der Waals surface area contributed by atoms with Gasteiger partial charge in [-0.05, 0) is 42.5 Å². The SMILES string of the molecule is Nc1ccc(N=c2ncc3cc(Oc4ccc(F)cc4F)c4n(c-3n2)CCN4)cc1. The van der Waals surface area contributed by atoms with Gasteiger partial charge in [0, 0.05) is 36.6 Å². The van der Waals surface area contributed by atoms with Crippen molar-refractivity contribution in [2.24, 2.45) is 4.99 Å². The molecule has 30 heavy (non-hydrogen) atoms. The van der Waals surface area contributed by atoms with Gasteiger partial charge in [-0.1, -0.05) is 0 Å². The fourth-order valence-electron chi connectivity index (χ4n) is 3.30. The molecule has 0 unspecified atom stereocenters. The summed E-state index contributed by atoms with van der Waals surface area (Å²) in [4.78, 5) is 13.3. The standard InChI is InChI=1S/C21H16F2N6O/c22-13-1-6-17(16(23)10-13)30-18-9-12-11-26-21(27-15-4-2-14(24)3-5-15)28-19(12)29-8-7-25-20(18)29/h1-6,9-11,25H,7-8,24H2. The number of hydrogen-bond donors (Lipinski definition) is 2. The first-order chi connectivity index (χ1) is 14.6. The van der Waals surface area contributed by atoms with Crippen molar-refractivity contribution >= 4 is 17.2 Å². The van der Waals surface area contributed by atoms with Gasteiger partial charge in [-0.3, -0.25) is 0 Å². The summed E-state index contributed by atoms with van der Waals surface area (Å²) in [5.41, 5.74) is 8.06. The minimum Gasteiger partial charge on any atom is -0.450 e. The lowest BCUT2D eigenvalue weighted by Gasteiger charge is -2.17. The van der Waals surface area contributed by atoms with Gasteiger partial charge in [0.1, 0.15) is 11.6 Å². The molecule has 2 aromatic rings. The number of ether oxygens (including phenoxy) is 1. The molecular formula is C21H16F2N6O. The molecule has 0 amide bonds. The molecule has 2 aromatic carbocycles. The highest BCUT2D eigenvalue weighted by atomic mass is 19.1. The second kappa shape index (κ2) is 7.11. The van der Waals surface area contributed by atoms with Gasteiger partial charge in [-0.2, -0.15) is 4.98 Å². The molecule has 7 nitrogen and oxygen atoms in total. The topological polar surface area (TPSA) is 90.4 Å². The molecule has 0 saturated heterocycles. The van der Waals surface area contributed by atoms with Crippen LogP contribution in [0.25, 0.3) is 11.4 Å². The van der Waals surface area contributed by atoms with Crippen LogP contribution in [0.4, 0.5) is 26.0 Å². The summed E-state index contributed by atoms with van der Waals surface area (Å²) in [5.74, 6) is 0.220. The van der Waals surface area contributed by atoms with Gasteiger partial charge < -0.3 is 20.4 Å². The molecule has 0 aliphatic carbocycles. The molecule has 3 heterocycles. The number of pyridine rings is 1. The minimum absolute atomic E-state index is 0.0665. The van der Waals surface area contributed by atoms with E-state index in [0.717, 1.165) is 12.1 Å². The van der Waals surface area contributed by atoms with Crippen LogP contribution in [0.2, 0.25) is 0 Å². The second-order valence-electron chi connectivity index (χ2n) is 6.76. The molecule has 0 saturated carbocycles. The Morgan fingerprint density at radius 2 is 1.90 bits per heavy atom. The molecule has 0 fully saturated rings. The zero-order chi connectivity index (χ0) is 20.7. The lowest BCUT2D eigenvalue weighted by atomic mass is 10.2. The zero-order valence-corrected chi connectivity index (χ0v) is 15.6. The van der Waals surface area contributed by atoms with Crippen molar-refractivity contribution in [1.82, 2.24) is 14.5 Å². The molecule has 0 aromatic heterocycles. The van der Waals surface area contributed by atoms with Gasteiger partial charge in [0.2, 0.25) is 0 Å². The van der Waals surface area contributed by atoms with Crippen molar-refractivity contribution in [2.75, 3.05) is 17.6 Å². The molecule has 0 spiro atoms. The molecular weight excluding hydrogens is 390 g/mol. The van der Waals surface area contributed by atoms with E-state index in [0.29, 0.717) is 53.0 Å². The number of benzene rings is 2. The number of nitrogens with one attached hydrogen (secondary N) is 1. The fourth-order valence-corrected chi connectivity index (χ4v) is 3.30. The predicted molar refractivity (Wildman–Crippen MR) is 108 cm³/mol. The van der Waals surface area contributed by atoms with Crippen LogP contribution in [0.5, 0.6) is 11.5 Å². The maximum atomic E-state index is 14.0. The van der Waals surface area contributed by atoms with E-state index in [1.165, 1.54) is 6.07 Å². The first-order valence-corrected chi connectivity index (χ1v) is 9.24. The van der Waals surface area contributed by atoms with E-state index in [9.17, 15) is 8.78 Å². The molecule has 9 heteroatoms. The van der Waals surface area contributed by atoms with Gasteiger partial charge in [0.05, 0.1) is 5.69 Å². The van der Waals surface area contributed by atoms with E-state index in [2.05, 4.69) is 20.3 Å². The molecule has 3 aliphatic rings. The molecule has 0 atom stereocenters. The lowest BCUT2D eigenvalue weighted by molar-refractivity contribution is 0.436. The minimum atomic E-state index is -0.777. The summed E-state index contributed by atoms with van der Waals surface area (Å²) in [5, 5.41) is 3.22. The third kappa shape index (κ3) is 3.30. The van der Waals surface area contributed by atoms with Crippen molar-refractivity contribution in [2.45, 2.75) is 6.54 Å². The Kier molecular flexibility index (Phi) is 4.27. The summed E-state index contributed by atoms with van der Waals surface area (Å²) < 4.78 is 34.9. The van der Waals surface area contributed by atoms with Gasteiger partial charge in [-0.25, -0.2) is 18.8 Å². The van der Waals surface area contributed by atoms with Crippen LogP contribution in [0.15, 0.2) is 59.7 Å². The van der Waals surface area contributed by atoms with Crippen LogP contribution < -0.4 is 21.4 Å². The van der Waals surface area contributed by atoms with Gasteiger partial charge >= 0.3 is 0 Å². The number of halogens is 2. The van der Waals surface area contributed by atoms with Crippen LogP contribution in [0.1, 0.15) is 0 Å². The van der Waals surface area contributed by atoms with Crippen LogP contribution in [0.3, 0.4) is 0 Å². The summed E-state index contributed by atoms with van der Waals surface area (Å²) >= 11 is 0. The van der Waals surface area contributed by atoms with E-state index in [4.69, 9.17) is 10.5 Å². The predicted octanol–water partition coefficient (Wildman–Crippen LogP) is 3.69. The first kappa shape index (κ1) is 18.0. The van der Waals surface area contributed by atoms with Crippen molar-refractivity contribution in [3.05, 3.63) is 72.0 Å². The molecule has 0 bridgehead atoms. The maximum absolute atomic E-state index is 14.0. The Morgan fingerprint density at radius 3 is 2.70 bits per heavy atom. The van der Waals surface area contributed by atoms with Crippen LogP contribution in [0, 0.1) is 11.6 Å². The Hall–Kier alpha value is -4.01. The van der Waals surface area contributed by atoms with E-state index < -0.39 is 11.6 Å². The van der Waals surface area contributed by atoms with Crippen molar-refractivity contribution in [3.63, 3.8) is 0 Å². The van der Waals surface area contributed by atoms with E-state index in [1.54, 1.807) is 36.5 Å². The number of hydrogen-bond acceptors (Lipinski definition) is 6. The Morgan fingerprint density at radius 1 is 1.07 bits per heavy atom. The van der Waals surface area contributed by atoms with E-state index in [1.807, 2.05) is 4.57 Å². The Balaban J connectivity index is 1.59. The third-order valence-electron chi connectivity index (χ3n) is 4.69. The number of fused-ring (bicyclic) bond motifs is 3. The van der Waals surface area contributed by atoms with Crippen molar-refractivity contribution < 1.29 is 13.5 Å². The van der Waals surface area contributed by atoms with Crippen molar-refractivity contribution in [1.29, 1.82) is 0 Å². The number of aromatic nitrogens is 3. The molecule has 0 radical (unpaired) electrons. The first-order valence-electron chi connectivity index (χ1n) is 9.24. The number of rotatable bonds is 3. The average molecular weight is 406 g/mol. The quantitative estimate of drug-likeness (QED) is 0.507. The lowest BCUT2D eigenvalue weighted by Crippen LogP contribution is -2.17. The maximum Gasteiger partial charge on any atom is 0.251 e. The van der Waals surface area contributed by atoms with Crippen LogP contribution in [-0.4, -0.2) is 21.1 Å².